The normalized spacial score (nSPS) is 19.8. The summed E-state index contributed by atoms with van der Waals surface area (Å²) >= 11 is 12.3. The third-order valence-electron chi connectivity index (χ3n) is 3.45. The van der Waals surface area contributed by atoms with Gasteiger partial charge in [-0.2, -0.15) is 0 Å². The van der Waals surface area contributed by atoms with Crippen molar-refractivity contribution in [1.29, 1.82) is 0 Å². The molecule has 116 valence electrons. The summed E-state index contributed by atoms with van der Waals surface area (Å²) in [5, 5.41) is 1.11. The average Bonchev–Trinajstić information content (AvgIpc) is 2.81. The van der Waals surface area contributed by atoms with Crippen molar-refractivity contribution in [1.82, 2.24) is 4.90 Å². The number of esters is 1. The first kappa shape index (κ1) is 16.6. The molecule has 1 aromatic carbocycles. The Hall–Kier alpha value is -0.770. The van der Waals surface area contributed by atoms with Gasteiger partial charge in [0.05, 0.1) is 10.0 Å². The summed E-state index contributed by atoms with van der Waals surface area (Å²) < 4.78 is 5.50. The highest BCUT2D eigenvalue weighted by Crippen LogP contribution is 2.29. The monoisotopic (exact) mass is 329 g/mol. The van der Waals surface area contributed by atoms with E-state index in [9.17, 15) is 4.79 Å². The standard InChI is InChI=1S/C16H21Cl2NO2/c1-16(2,3)21-15(20)13-8-5-9-19(13)10-11-6-4-7-12(17)14(11)18/h4,6-7,13H,5,8-10H2,1-3H3/t13-/m0/s1. The summed E-state index contributed by atoms with van der Waals surface area (Å²) in [5.74, 6) is -0.154. The van der Waals surface area contributed by atoms with E-state index in [-0.39, 0.29) is 12.0 Å². The van der Waals surface area contributed by atoms with Crippen LogP contribution in [0.1, 0.15) is 39.2 Å². The highest BCUT2D eigenvalue weighted by atomic mass is 35.5. The molecule has 2 rings (SSSR count). The SMILES string of the molecule is CC(C)(C)OC(=O)[C@@H]1CCCN1Cc1cccc(Cl)c1Cl. The molecule has 1 fully saturated rings. The Labute approximate surface area is 136 Å². The predicted molar refractivity (Wildman–Crippen MR) is 85.7 cm³/mol. The summed E-state index contributed by atoms with van der Waals surface area (Å²) in [7, 11) is 0. The molecule has 5 heteroatoms. The number of nitrogens with zero attached hydrogens (tertiary/aromatic N) is 1. The summed E-state index contributed by atoms with van der Waals surface area (Å²) in [6, 6.07) is 5.39. The van der Waals surface area contributed by atoms with Crippen LogP contribution in [0.2, 0.25) is 10.0 Å². The van der Waals surface area contributed by atoms with Gasteiger partial charge in [0.15, 0.2) is 0 Å². The van der Waals surface area contributed by atoms with Crippen LogP contribution in [0.15, 0.2) is 18.2 Å². The number of hydrogen-bond donors (Lipinski definition) is 0. The molecule has 1 saturated heterocycles. The second-order valence-corrected chi connectivity index (χ2v) is 7.16. The van der Waals surface area contributed by atoms with Crippen LogP contribution in [-0.4, -0.2) is 29.1 Å². The highest BCUT2D eigenvalue weighted by Gasteiger charge is 2.34. The Morgan fingerprint density at radius 3 is 2.76 bits per heavy atom. The largest absolute Gasteiger partial charge is 0.459 e. The minimum Gasteiger partial charge on any atom is -0.459 e. The molecule has 1 aromatic rings. The zero-order valence-corrected chi connectivity index (χ0v) is 14.2. The van der Waals surface area contributed by atoms with Gasteiger partial charge in [0.1, 0.15) is 11.6 Å². The topological polar surface area (TPSA) is 29.5 Å². The zero-order valence-electron chi connectivity index (χ0n) is 12.7. The van der Waals surface area contributed by atoms with Crippen molar-refractivity contribution in [3.05, 3.63) is 33.8 Å². The smallest absolute Gasteiger partial charge is 0.323 e. The van der Waals surface area contributed by atoms with E-state index >= 15 is 0 Å². The molecule has 0 unspecified atom stereocenters. The molecular weight excluding hydrogens is 309 g/mol. The molecule has 0 aromatic heterocycles. The first-order valence-electron chi connectivity index (χ1n) is 7.18. The number of benzene rings is 1. The fourth-order valence-corrected chi connectivity index (χ4v) is 2.92. The Morgan fingerprint density at radius 2 is 2.10 bits per heavy atom. The van der Waals surface area contributed by atoms with Crippen molar-refractivity contribution in [3.8, 4) is 0 Å². The predicted octanol–water partition coefficient (Wildman–Crippen LogP) is 4.30. The van der Waals surface area contributed by atoms with Gasteiger partial charge in [0.2, 0.25) is 0 Å². The zero-order chi connectivity index (χ0) is 15.6. The Morgan fingerprint density at radius 1 is 1.38 bits per heavy atom. The molecule has 0 radical (unpaired) electrons. The second kappa shape index (κ2) is 6.55. The van der Waals surface area contributed by atoms with Crippen LogP contribution in [0.5, 0.6) is 0 Å². The van der Waals surface area contributed by atoms with Gasteiger partial charge in [0, 0.05) is 6.54 Å². The molecule has 1 aliphatic rings. The van der Waals surface area contributed by atoms with E-state index in [1.54, 1.807) is 6.07 Å². The van der Waals surface area contributed by atoms with Crippen LogP contribution in [0, 0.1) is 0 Å². The molecule has 0 aliphatic carbocycles. The fraction of sp³-hybridized carbons (Fsp3) is 0.562. The van der Waals surface area contributed by atoms with E-state index in [1.807, 2.05) is 32.9 Å². The number of hydrogen-bond acceptors (Lipinski definition) is 3. The maximum atomic E-state index is 12.3. The Kier molecular flexibility index (Phi) is 5.18. The van der Waals surface area contributed by atoms with E-state index in [0.717, 1.165) is 24.9 Å². The van der Waals surface area contributed by atoms with Crippen molar-refractivity contribution in [2.24, 2.45) is 0 Å². The average molecular weight is 330 g/mol. The summed E-state index contributed by atoms with van der Waals surface area (Å²) in [6.45, 7) is 7.14. The number of carbonyl (C=O) groups excluding carboxylic acids is 1. The van der Waals surface area contributed by atoms with Crippen molar-refractivity contribution in [2.75, 3.05) is 6.54 Å². The van der Waals surface area contributed by atoms with Crippen LogP contribution in [0.3, 0.4) is 0 Å². The first-order chi connectivity index (χ1) is 9.78. The van der Waals surface area contributed by atoms with Crippen molar-refractivity contribution >= 4 is 29.2 Å². The summed E-state index contributed by atoms with van der Waals surface area (Å²) in [5.41, 5.74) is 0.485. The minimum absolute atomic E-state index is 0.154. The van der Waals surface area contributed by atoms with Crippen LogP contribution >= 0.6 is 23.2 Å². The molecule has 3 nitrogen and oxygen atoms in total. The molecule has 0 bridgehead atoms. The summed E-state index contributed by atoms with van der Waals surface area (Å²) in [6.07, 6.45) is 1.81. The van der Waals surface area contributed by atoms with Crippen molar-refractivity contribution in [3.63, 3.8) is 0 Å². The lowest BCUT2D eigenvalue weighted by Gasteiger charge is -2.27. The van der Waals surface area contributed by atoms with E-state index in [2.05, 4.69) is 4.90 Å². The van der Waals surface area contributed by atoms with Crippen LogP contribution in [0.4, 0.5) is 0 Å². The molecule has 1 aliphatic heterocycles. The number of likely N-dealkylation sites (tertiary alicyclic amines) is 1. The van der Waals surface area contributed by atoms with Gasteiger partial charge < -0.3 is 4.74 Å². The Bertz CT molecular complexity index is 525. The van der Waals surface area contributed by atoms with Gasteiger partial charge in [0.25, 0.3) is 0 Å². The van der Waals surface area contributed by atoms with Gasteiger partial charge in [-0.25, -0.2) is 0 Å². The third kappa shape index (κ3) is 4.35. The van der Waals surface area contributed by atoms with E-state index in [4.69, 9.17) is 27.9 Å². The van der Waals surface area contributed by atoms with Crippen molar-refractivity contribution in [2.45, 2.75) is 51.8 Å². The molecule has 0 amide bonds. The molecule has 0 spiro atoms. The van der Waals surface area contributed by atoms with Crippen LogP contribution in [0.25, 0.3) is 0 Å². The molecule has 1 heterocycles. The van der Waals surface area contributed by atoms with Crippen LogP contribution in [-0.2, 0) is 16.1 Å². The number of rotatable bonds is 3. The van der Waals surface area contributed by atoms with E-state index in [0.29, 0.717) is 16.6 Å². The van der Waals surface area contributed by atoms with Gasteiger partial charge in [-0.15, -0.1) is 0 Å². The molecule has 0 N–H and O–H groups in total. The Balaban J connectivity index is 2.09. The van der Waals surface area contributed by atoms with Gasteiger partial charge >= 0.3 is 5.97 Å². The van der Waals surface area contributed by atoms with Gasteiger partial charge in [-0.3, -0.25) is 9.69 Å². The first-order valence-corrected chi connectivity index (χ1v) is 7.93. The van der Waals surface area contributed by atoms with Crippen molar-refractivity contribution < 1.29 is 9.53 Å². The number of ether oxygens (including phenoxy) is 1. The third-order valence-corrected chi connectivity index (χ3v) is 4.31. The molecule has 1 atom stereocenters. The van der Waals surface area contributed by atoms with Crippen LogP contribution < -0.4 is 0 Å². The van der Waals surface area contributed by atoms with Gasteiger partial charge in [-0.1, -0.05) is 35.3 Å². The van der Waals surface area contributed by atoms with E-state index < -0.39 is 5.60 Å². The fourth-order valence-electron chi connectivity index (χ4n) is 2.54. The number of halogens is 2. The van der Waals surface area contributed by atoms with E-state index in [1.165, 1.54) is 0 Å². The number of carbonyl (C=O) groups is 1. The lowest BCUT2D eigenvalue weighted by atomic mass is 10.1. The lowest BCUT2D eigenvalue weighted by molar-refractivity contribution is -0.160. The second-order valence-electron chi connectivity index (χ2n) is 6.37. The maximum absolute atomic E-state index is 12.3. The maximum Gasteiger partial charge on any atom is 0.323 e. The highest BCUT2D eigenvalue weighted by molar-refractivity contribution is 6.42. The molecule has 0 saturated carbocycles. The lowest BCUT2D eigenvalue weighted by Crippen LogP contribution is -2.40. The quantitative estimate of drug-likeness (QED) is 0.774. The molecular formula is C16H21Cl2NO2. The minimum atomic E-state index is -0.459. The summed E-state index contributed by atoms with van der Waals surface area (Å²) in [4.78, 5) is 14.4. The van der Waals surface area contributed by atoms with Gasteiger partial charge in [-0.05, 0) is 51.8 Å². The molecule has 21 heavy (non-hydrogen) atoms.